The molecule has 0 N–H and O–H groups in total. The molecule has 3 nitrogen and oxygen atoms in total. The molecule has 5 rings (SSSR count). The summed E-state index contributed by atoms with van der Waals surface area (Å²) >= 11 is 0. The van der Waals surface area contributed by atoms with E-state index in [0.29, 0.717) is 6.04 Å². The zero-order chi connectivity index (χ0) is 20.1. The van der Waals surface area contributed by atoms with Gasteiger partial charge in [-0.15, -0.1) is 0 Å². The molecule has 1 aromatic heterocycles. The van der Waals surface area contributed by atoms with Crippen LogP contribution >= 0.6 is 0 Å². The molecule has 3 aromatic rings. The van der Waals surface area contributed by atoms with Crippen LogP contribution in [0.4, 0.5) is 0 Å². The quantitative estimate of drug-likeness (QED) is 0.559. The first-order valence-electron chi connectivity index (χ1n) is 11.1. The van der Waals surface area contributed by atoms with Crippen LogP contribution in [0.15, 0.2) is 30.3 Å². The summed E-state index contributed by atoms with van der Waals surface area (Å²) in [6.45, 7) is 9.94. The lowest BCUT2D eigenvalue weighted by molar-refractivity contribution is 0.173. The van der Waals surface area contributed by atoms with Crippen molar-refractivity contribution < 1.29 is 4.74 Å². The minimum atomic E-state index is 0.538. The van der Waals surface area contributed by atoms with Crippen LogP contribution < -0.4 is 4.74 Å². The van der Waals surface area contributed by atoms with E-state index in [4.69, 9.17) is 4.74 Å². The number of ether oxygens (including phenoxy) is 1. The van der Waals surface area contributed by atoms with Crippen molar-refractivity contribution in [3.05, 3.63) is 63.8 Å². The maximum absolute atomic E-state index is 5.53. The molecule has 0 amide bonds. The summed E-state index contributed by atoms with van der Waals surface area (Å²) in [6.07, 6.45) is 5.01. The Kier molecular flexibility index (Phi) is 4.66. The Bertz CT molecular complexity index is 1070. The predicted molar refractivity (Wildman–Crippen MR) is 120 cm³/mol. The molecule has 2 aliphatic rings. The van der Waals surface area contributed by atoms with E-state index in [1.54, 1.807) is 18.4 Å². The van der Waals surface area contributed by atoms with Crippen LogP contribution in [-0.2, 0) is 19.5 Å². The third-order valence-corrected chi connectivity index (χ3v) is 7.08. The Balaban J connectivity index is 1.57. The Labute approximate surface area is 174 Å². The average molecular weight is 389 g/mol. The monoisotopic (exact) mass is 388 g/mol. The van der Waals surface area contributed by atoms with Crippen molar-refractivity contribution in [2.24, 2.45) is 0 Å². The van der Waals surface area contributed by atoms with E-state index in [-0.39, 0.29) is 0 Å². The van der Waals surface area contributed by atoms with Gasteiger partial charge in [0.2, 0.25) is 0 Å². The highest BCUT2D eigenvalue weighted by Crippen LogP contribution is 2.43. The van der Waals surface area contributed by atoms with Crippen molar-refractivity contribution in [1.82, 2.24) is 9.47 Å². The van der Waals surface area contributed by atoms with Gasteiger partial charge in [0.15, 0.2) is 0 Å². The Hall–Kier alpha value is -2.26. The number of methoxy groups -OCH3 is 1. The highest BCUT2D eigenvalue weighted by molar-refractivity contribution is 5.87. The van der Waals surface area contributed by atoms with E-state index >= 15 is 0 Å². The van der Waals surface area contributed by atoms with E-state index in [9.17, 15) is 0 Å². The van der Waals surface area contributed by atoms with E-state index in [0.717, 1.165) is 18.8 Å². The van der Waals surface area contributed by atoms with Crippen LogP contribution in [0.25, 0.3) is 10.9 Å². The molecule has 1 atom stereocenters. The van der Waals surface area contributed by atoms with Crippen molar-refractivity contribution in [3.8, 4) is 5.75 Å². The highest BCUT2D eigenvalue weighted by Gasteiger charge is 2.33. The molecule has 0 unspecified atom stereocenters. The van der Waals surface area contributed by atoms with Crippen LogP contribution in [-0.4, -0.2) is 23.1 Å². The second-order valence-corrected chi connectivity index (χ2v) is 9.02. The summed E-state index contributed by atoms with van der Waals surface area (Å²) in [5, 5.41) is 1.50. The van der Waals surface area contributed by atoms with Gasteiger partial charge in [-0.2, -0.15) is 0 Å². The van der Waals surface area contributed by atoms with Gasteiger partial charge in [0.25, 0.3) is 0 Å². The summed E-state index contributed by atoms with van der Waals surface area (Å²) < 4.78 is 8.18. The summed E-state index contributed by atoms with van der Waals surface area (Å²) in [5.74, 6) is 0.998. The molecular weight excluding hydrogens is 356 g/mol. The van der Waals surface area contributed by atoms with E-state index in [2.05, 4.69) is 60.6 Å². The van der Waals surface area contributed by atoms with Crippen molar-refractivity contribution >= 4 is 10.9 Å². The van der Waals surface area contributed by atoms with Crippen molar-refractivity contribution in [1.29, 1.82) is 0 Å². The third kappa shape index (κ3) is 3.07. The first-order chi connectivity index (χ1) is 14.1. The SMILES string of the molecule is COc1cc(C)c(CN2CCCn3c4c(c5cc(C)ccc53)CCC[C@@H]42)cc1C. The van der Waals surface area contributed by atoms with Gasteiger partial charge in [0.05, 0.1) is 13.2 Å². The van der Waals surface area contributed by atoms with Crippen LogP contribution in [0.2, 0.25) is 0 Å². The topological polar surface area (TPSA) is 17.4 Å². The third-order valence-electron chi connectivity index (χ3n) is 7.08. The molecule has 0 bridgehead atoms. The van der Waals surface area contributed by atoms with Gasteiger partial charge in [-0.3, -0.25) is 4.90 Å². The fourth-order valence-electron chi connectivity index (χ4n) is 5.64. The van der Waals surface area contributed by atoms with Crippen molar-refractivity contribution in [2.45, 2.75) is 65.6 Å². The number of benzene rings is 2. The lowest BCUT2D eigenvalue weighted by Crippen LogP contribution is -2.31. The van der Waals surface area contributed by atoms with Gasteiger partial charge in [0.1, 0.15) is 5.75 Å². The standard InChI is InChI=1S/C26H32N2O/c1-17-9-10-23-22(13-17)21-7-5-8-24-26(21)28(23)12-6-11-27(24)16-20-14-19(3)25(29-4)15-18(20)2/h9-10,13-15,24H,5-8,11-12,16H2,1-4H3/t24-/m0/s1. The zero-order valence-corrected chi connectivity index (χ0v) is 18.2. The zero-order valence-electron chi connectivity index (χ0n) is 18.2. The fraction of sp³-hybridized carbons (Fsp3) is 0.462. The minimum absolute atomic E-state index is 0.538. The normalized spacial score (nSPS) is 19.2. The molecule has 2 aromatic carbocycles. The highest BCUT2D eigenvalue weighted by atomic mass is 16.5. The maximum atomic E-state index is 5.53. The first kappa shape index (κ1) is 18.7. The van der Waals surface area contributed by atoms with E-state index in [1.807, 2.05) is 0 Å². The molecule has 2 heterocycles. The second kappa shape index (κ2) is 7.21. The molecule has 0 saturated carbocycles. The maximum Gasteiger partial charge on any atom is 0.122 e. The summed E-state index contributed by atoms with van der Waals surface area (Å²) in [7, 11) is 1.76. The van der Waals surface area contributed by atoms with Gasteiger partial charge in [0, 0.05) is 36.2 Å². The molecule has 29 heavy (non-hydrogen) atoms. The first-order valence-corrected chi connectivity index (χ1v) is 11.1. The van der Waals surface area contributed by atoms with Crippen LogP contribution in [0, 0.1) is 20.8 Å². The lowest BCUT2D eigenvalue weighted by atomic mass is 9.90. The Morgan fingerprint density at radius 2 is 1.86 bits per heavy atom. The van der Waals surface area contributed by atoms with Gasteiger partial charge in [-0.05, 0) is 86.9 Å². The number of hydrogen-bond acceptors (Lipinski definition) is 2. The number of aryl methyl sites for hydroxylation is 5. The number of rotatable bonds is 3. The summed E-state index contributed by atoms with van der Waals surface area (Å²) in [5.41, 5.74) is 10.1. The number of fused-ring (bicyclic) bond motifs is 3. The lowest BCUT2D eigenvalue weighted by Gasteiger charge is -2.34. The molecule has 152 valence electrons. The van der Waals surface area contributed by atoms with Gasteiger partial charge in [-0.1, -0.05) is 17.7 Å². The van der Waals surface area contributed by atoms with E-state index in [1.165, 1.54) is 65.4 Å². The molecule has 0 saturated heterocycles. The smallest absolute Gasteiger partial charge is 0.122 e. The molecule has 3 heteroatoms. The van der Waals surface area contributed by atoms with Crippen molar-refractivity contribution in [2.75, 3.05) is 13.7 Å². The van der Waals surface area contributed by atoms with Gasteiger partial charge < -0.3 is 9.30 Å². The molecule has 0 spiro atoms. The Morgan fingerprint density at radius 1 is 1.00 bits per heavy atom. The fourth-order valence-corrected chi connectivity index (χ4v) is 5.64. The molecule has 1 aliphatic heterocycles. The largest absolute Gasteiger partial charge is 0.496 e. The number of nitrogens with zero attached hydrogens (tertiary/aromatic N) is 2. The predicted octanol–water partition coefficient (Wildman–Crippen LogP) is 5.86. The van der Waals surface area contributed by atoms with Gasteiger partial charge >= 0.3 is 0 Å². The number of hydrogen-bond donors (Lipinski definition) is 0. The van der Waals surface area contributed by atoms with Crippen LogP contribution in [0.1, 0.15) is 58.8 Å². The average Bonchev–Trinajstić information content (AvgIpc) is 2.90. The molecule has 1 aliphatic carbocycles. The van der Waals surface area contributed by atoms with Gasteiger partial charge in [-0.25, -0.2) is 0 Å². The van der Waals surface area contributed by atoms with Crippen LogP contribution in [0.5, 0.6) is 5.75 Å². The second-order valence-electron chi connectivity index (χ2n) is 9.02. The molecule has 0 radical (unpaired) electrons. The molecule has 0 fully saturated rings. The minimum Gasteiger partial charge on any atom is -0.496 e. The van der Waals surface area contributed by atoms with E-state index < -0.39 is 0 Å². The Morgan fingerprint density at radius 3 is 2.69 bits per heavy atom. The summed E-state index contributed by atoms with van der Waals surface area (Å²) in [6, 6.07) is 12.1. The van der Waals surface area contributed by atoms with Crippen LogP contribution in [0.3, 0.4) is 0 Å². The van der Waals surface area contributed by atoms with Crippen molar-refractivity contribution in [3.63, 3.8) is 0 Å². The summed E-state index contributed by atoms with van der Waals surface area (Å²) in [4.78, 5) is 2.75. The number of aromatic nitrogens is 1. The molecular formula is C26H32N2O.